The Labute approximate surface area is 222 Å². The number of ether oxygens (including phenoxy) is 1. The summed E-state index contributed by atoms with van der Waals surface area (Å²) in [6, 6.07) is 20.0. The van der Waals surface area contributed by atoms with Gasteiger partial charge >= 0.3 is 12.1 Å². The molecule has 1 aliphatic carbocycles. The number of amides is 1. The highest BCUT2D eigenvalue weighted by molar-refractivity contribution is 5.81. The Morgan fingerprint density at radius 2 is 1.61 bits per heavy atom. The SMILES string of the molecule is CN1CCN(Cc2cc(CC(NC(=O)OCC3c4ccccc4-c4ccccc43)C(=O)O)ccc2O)CC1. The highest BCUT2D eigenvalue weighted by Crippen LogP contribution is 2.44. The molecule has 3 aromatic carbocycles. The quantitative estimate of drug-likeness (QED) is 0.421. The first-order valence-electron chi connectivity index (χ1n) is 12.9. The molecule has 3 N–H and O–H groups in total. The fraction of sp³-hybridized carbons (Fsp3) is 0.333. The molecule has 1 heterocycles. The van der Waals surface area contributed by atoms with E-state index in [9.17, 15) is 19.8 Å². The minimum atomic E-state index is -1.16. The number of rotatable bonds is 8. The van der Waals surface area contributed by atoms with E-state index in [2.05, 4.69) is 34.3 Å². The van der Waals surface area contributed by atoms with Gasteiger partial charge in [-0.25, -0.2) is 9.59 Å². The third-order valence-corrected chi connectivity index (χ3v) is 7.51. The largest absolute Gasteiger partial charge is 0.508 e. The third-order valence-electron chi connectivity index (χ3n) is 7.51. The topological polar surface area (TPSA) is 102 Å². The molecule has 1 saturated heterocycles. The summed E-state index contributed by atoms with van der Waals surface area (Å²) in [5.74, 6) is -1.07. The summed E-state index contributed by atoms with van der Waals surface area (Å²) in [7, 11) is 2.09. The van der Waals surface area contributed by atoms with Crippen LogP contribution in [-0.2, 0) is 22.5 Å². The number of phenols is 1. The maximum Gasteiger partial charge on any atom is 0.407 e. The van der Waals surface area contributed by atoms with Gasteiger partial charge in [-0.05, 0) is 40.9 Å². The van der Waals surface area contributed by atoms with Gasteiger partial charge in [0.1, 0.15) is 18.4 Å². The van der Waals surface area contributed by atoms with Crippen molar-refractivity contribution in [3.63, 3.8) is 0 Å². The molecule has 1 aliphatic heterocycles. The number of benzene rings is 3. The van der Waals surface area contributed by atoms with Crippen molar-refractivity contribution in [2.24, 2.45) is 0 Å². The number of likely N-dealkylation sites (N-methyl/N-ethyl adjacent to an activating group) is 1. The number of carboxylic acids is 1. The first-order valence-corrected chi connectivity index (χ1v) is 12.9. The third kappa shape index (κ3) is 5.66. The number of hydrogen-bond acceptors (Lipinski definition) is 6. The maximum atomic E-state index is 12.7. The molecule has 8 heteroatoms. The molecular weight excluding hydrogens is 482 g/mol. The van der Waals surface area contributed by atoms with Crippen LogP contribution in [0, 0.1) is 0 Å². The molecule has 0 saturated carbocycles. The zero-order valence-corrected chi connectivity index (χ0v) is 21.5. The lowest BCUT2D eigenvalue weighted by Crippen LogP contribution is -2.44. The van der Waals surface area contributed by atoms with Crippen LogP contribution < -0.4 is 5.32 Å². The molecule has 0 bridgehead atoms. The van der Waals surface area contributed by atoms with Crippen LogP contribution in [0.15, 0.2) is 66.7 Å². The van der Waals surface area contributed by atoms with E-state index in [0.29, 0.717) is 6.54 Å². The van der Waals surface area contributed by atoms with Crippen molar-refractivity contribution in [3.8, 4) is 16.9 Å². The van der Waals surface area contributed by atoms with Gasteiger partial charge in [-0.1, -0.05) is 60.7 Å². The van der Waals surface area contributed by atoms with Crippen molar-refractivity contribution in [1.29, 1.82) is 0 Å². The van der Waals surface area contributed by atoms with Crippen LogP contribution in [0.25, 0.3) is 11.1 Å². The number of fused-ring (bicyclic) bond motifs is 3. The number of aromatic hydroxyl groups is 1. The normalized spacial score (nSPS) is 16.4. The highest BCUT2D eigenvalue weighted by Gasteiger charge is 2.30. The van der Waals surface area contributed by atoms with Crippen molar-refractivity contribution >= 4 is 12.1 Å². The van der Waals surface area contributed by atoms with Gasteiger partial charge < -0.3 is 25.2 Å². The molecule has 1 atom stereocenters. The molecule has 0 aromatic heterocycles. The van der Waals surface area contributed by atoms with Crippen LogP contribution in [0.2, 0.25) is 0 Å². The van der Waals surface area contributed by atoms with Gasteiger partial charge in [0.15, 0.2) is 0 Å². The predicted molar refractivity (Wildman–Crippen MR) is 144 cm³/mol. The van der Waals surface area contributed by atoms with Crippen LogP contribution in [0.3, 0.4) is 0 Å². The molecule has 1 amide bonds. The van der Waals surface area contributed by atoms with Crippen LogP contribution >= 0.6 is 0 Å². The average molecular weight is 516 g/mol. The maximum absolute atomic E-state index is 12.7. The molecule has 1 fully saturated rings. The minimum Gasteiger partial charge on any atom is -0.508 e. The second kappa shape index (κ2) is 11.2. The summed E-state index contributed by atoms with van der Waals surface area (Å²) in [5.41, 5.74) is 5.90. The molecule has 0 radical (unpaired) electrons. The van der Waals surface area contributed by atoms with Gasteiger partial charge in [0.25, 0.3) is 0 Å². The highest BCUT2D eigenvalue weighted by atomic mass is 16.5. The van der Waals surface area contributed by atoms with Crippen molar-refractivity contribution in [1.82, 2.24) is 15.1 Å². The zero-order chi connectivity index (χ0) is 26.6. The van der Waals surface area contributed by atoms with E-state index in [1.807, 2.05) is 42.5 Å². The predicted octanol–water partition coefficient (Wildman–Crippen LogP) is 3.67. The summed E-state index contributed by atoms with van der Waals surface area (Å²) in [6.07, 6.45) is -0.689. The Kier molecular flexibility index (Phi) is 7.62. The van der Waals surface area contributed by atoms with Crippen molar-refractivity contribution in [2.45, 2.75) is 24.9 Å². The number of hydrogen-bond donors (Lipinski definition) is 3. The van der Waals surface area contributed by atoms with Crippen LogP contribution in [-0.4, -0.2) is 78.0 Å². The number of aliphatic carboxylic acids is 1. The molecular formula is C30H33N3O5. The van der Waals surface area contributed by atoms with E-state index in [0.717, 1.165) is 59.6 Å². The first kappa shape index (κ1) is 25.8. The number of piperazine rings is 1. The van der Waals surface area contributed by atoms with Crippen molar-refractivity contribution in [2.75, 3.05) is 39.8 Å². The lowest BCUT2D eigenvalue weighted by molar-refractivity contribution is -0.139. The number of alkyl carbamates (subject to hydrolysis) is 1. The summed E-state index contributed by atoms with van der Waals surface area (Å²) >= 11 is 0. The van der Waals surface area contributed by atoms with E-state index in [-0.39, 0.29) is 24.7 Å². The average Bonchev–Trinajstić information content (AvgIpc) is 3.24. The number of phenolic OH excluding ortho intramolecular Hbond substituents is 1. The van der Waals surface area contributed by atoms with Crippen molar-refractivity contribution in [3.05, 3.63) is 89.0 Å². The van der Waals surface area contributed by atoms with Gasteiger partial charge in [-0.3, -0.25) is 4.90 Å². The van der Waals surface area contributed by atoms with Gasteiger partial charge in [-0.15, -0.1) is 0 Å². The summed E-state index contributed by atoms with van der Waals surface area (Å²) < 4.78 is 5.55. The molecule has 3 aromatic rings. The molecule has 198 valence electrons. The Hall–Kier alpha value is -3.88. The minimum absolute atomic E-state index is 0.0789. The molecule has 8 nitrogen and oxygen atoms in total. The number of nitrogens with one attached hydrogen (secondary N) is 1. The molecule has 38 heavy (non-hydrogen) atoms. The number of carboxylic acid groups (broad SMARTS) is 1. The Balaban J connectivity index is 1.21. The van der Waals surface area contributed by atoms with E-state index < -0.39 is 18.1 Å². The molecule has 2 aliphatic rings. The Bertz CT molecular complexity index is 1270. The van der Waals surface area contributed by atoms with Crippen LogP contribution in [0.1, 0.15) is 28.2 Å². The second-order valence-corrected chi connectivity index (χ2v) is 10.1. The summed E-state index contributed by atoms with van der Waals surface area (Å²) in [6.45, 7) is 4.44. The van der Waals surface area contributed by atoms with E-state index >= 15 is 0 Å². The molecule has 5 rings (SSSR count). The van der Waals surface area contributed by atoms with E-state index in [1.165, 1.54) is 0 Å². The Morgan fingerprint density at radius 1 is 0.974 bits per heavy atom. The Morgan fingerprint density at radius 3 is 2.24 bits per heavy atom. The van der Waals surface area contributed by atoms with Crippen molar-refractivity contribution < 1.29 is 24.5 Å². The summed E-state index contributed by atoms with van der Waals surface area (Å²) in [5, 5.41) is 22.7. The number of carbonyl (C=O) groups excluding carboxylic acids is 1. The van der Waals surface area contributed by atoms with Crippen LogP contribution in [0.5, 0.6) is 5.75 Å². The van der Waals surface area contributed by atoms with Gasteiger partial charge in [0, 0.05) is 50.6 Å². The van der Waals surface area contributed by atoms with Gasteiger partial charge in [0.2, 0.25) is 0 Å². The van der Waals surface area contributed by atoms with Gasteiger partial charge in [0.05, 0.1) is 0 Å². The fourth-order valence-corrected chi connectivity index (χ4v) is 5.36. The lowest BCUT2D eigenvalue weighted by Gasteiger charge is -2.32. The monoisotopic (exact) mass is 515 g/mol. The standard InChI is InChI=1S/C30H33N3O5/c1-32-12-14-33(15-13-32)18-21-16-20(10-11-28(21)34)17-27(29(35)36)31-30(37)38-19-26-24-8-4-2-6-22(24)23-7-3-5-9-25(23)26/h2-11,16,26-27,34H,12-15,17-19H2,1H3,(H,31,37)(H,35,36). The van der Waals surface area contributed by atoms with E-state index in [1.54, 1.807) is 12.1 Å². The van der Waals surface area contributed by atoms with Gasteiger partial charge in [-0.2, -0.15) is 0 Å². The molecule has 1 unspecified atom stereocenters. The zero-order valence-electron chi connectivity index (χ0n) is 21.5. The van der Waals surface area contributed by atoms with Crippen LogP contribution in [0.4, 0.5) is 4.79 Å². The first-order chi connectivity index (χ1) is 18.4. The smallest absolute Gasteiger partial charge is 0.407 e. The second-order valence-electron chi connectivity index (χ2n) is 10.1. The summed E-state index contributed by atoms with van der Waals surface area (Å²) in [4.78, 5) is 29.2. The number of nitrogens with zero attached hydrogens (tertiary/aromatic N) is 2. The number of carbonyl (C=O) groups is 2. The molecule has 0 spiro atoms. The fourth-order valence-electron chi connectivity index (χ4n) is 5.36. The lowest BCUT2D eigenvalue weighted by atomic mass is 9.98. The van der Waals surface area contributed by atoms with E-state index in [4.69, 9.17) is 4.74 Å².